The van der Waals surface area contributed by atoms with Gasteiger partial charge in [-0.2, -0.15) is 0 Å². The predicted molar refractivity (Wildman–Crippen MR) is 196 cm³/mol. The molecule has 0 bridgehead atoms. The fourth-order valence-electron chi connectivity index (χ4n) is 4.93. The van der Waals surface area contributed by atoms with Gasteiger partial charge in [0.15, 0.2) is 0 Å². The number of esters is 2. The van der Waals surface area contributed by atoms with Crippen molar-refractivity contribution in [1.29, 1.82) is 0 Å². The number of carbonyl (C=O) groups is 2. The number of aliphatic hydroxyl groups is 1. The molecule has 0 aromatic rings. The van der Waals surface area contributed by atoms with E-state index < -0.39 is 6.10 Å². The summed E-state index contributed by atoms with van der Waals surface area (Å²) in [7, 11) is 0. The second kappa shape index (κ2) is 37.1. The number of rotatable bonds is 33. The topological polar surface area (TPSA) is 72.8 Å². The predicted octanol–water partition coefficient (Wildman–Crippen LogP) is 11.6. The molecule has 0 aromatic carbocycles. The lowest BCUT2D eigenvalue weighted by Crippen LogP contribution is -2.25. The van der Waals surface area contributed by atoms with Gasteiger partial charge in [0.25, 0.3) is 0 Å². The monoisotopic (exact) mass is 643 g/mol. The molecule has 0 spiro atoms. The fraction of sp³-hybridized carbons (Fsp3) is 0.707. The number of allylic oxidation sites excluding steroid dienone is 10. The summed E-state index contributed by atoms with van der Waals surface area (Å²) in [5, 5.41) is 9.99. The second-order valence-electron chi connectivity index (χ2n) is 12.3. The van der Waals surface area contributed by atoms with E-state index in [0.29, 0.717) is 12.8 Å². The SMILES string of the molecule is CC/C=C\C/C=C\C/C=C\C/C=C\C/C=C\CCCCCC(=O)OC[C@H](O)COC(=O)CCCCCCCCCCCCCCC. The van der Waals surface area contributed by atoms with E-state index in [4.69, 9.17) is 9.47 Å². The smallest absolute Gasteiger partial charge is 0.305 e. The Balaban J connectivity index is 3.53. The molecule has 0 heterocycles. The highest BCUT2D eigenvalue weighted by Crippen LogP contribution is 2.13. The van der Waals surface area contributed by atoms with E-state index >= 15 is 0 Å². The van der Waals surface area contributed by atoms with E-state index in [9.17, 15) is 14.7 Å². The van der Waals surface area contributed by atoms with Crippen molar-refractivity contribution in [3.8, 4) is 0 Å². The van der Waals surface area contributed by atoms with Crippen LogP contribution in [-0.2, 0) is 19.1 Å². The Bertz CT molecular complexity index is 823. The Kier molecular flexibility index (Phi) is 35.1. The molecule has 5 nitrogen and oxygen atoms in total. The van der Waals surface area contributed by atoms with Crippen LogP contribution >= 0.6 is 0 Å². The molecule has 1 atom stereocenters. The Morgan fingerprint density at radius 1 is 0.478 bits per heavy atom. The first-order chi connectivity index (χ1) is 22.6. The van der Waals surface area contributed by atoms with E-state index in [1.807, 2.05) is 0 Å². The highest BCUT2D eigenvalue weighted by Gasteiger charge is 2.12. The molecule has 0 aliphatic rings. The minimum atomic E-state index is -0.977. The number of carbonyl (C=O) groups excluding carboxylic acids is 2. The highest BCUT2D eigenvalue weighted by molar-refractivity contribution is 5.69. The van der Waals surface area contributed by atoms with Gasteiger partial charge < -0.3 is 14.6 Å². The van der Waals surface area contributed by atoms with Gasteiger partial charge in [-0.3, -0.25) is 9.59 Å². The maximum atomic E-state index is 11.9. The van der Waals surface area contributed by atoms with Crippen LogP contribution in [0.2, 0.25) is 0 Å². The molecular weight excluding hydrogens is 572 g/mol. The molecule has 264 valence electrons. The van der Waals surface area contributed by atoms with Crippen molar-refractivity contribution in [3.05, 3.63) is 60.8 Å². The van der Waals surface area contributed by atoms with E-state index in [1.54, 1.807) is 0 Å². The number of aliphatic hydroxyl groups excluding tert-OH is 1. The first-order valence-corrected chi connectivity index (χ1v) is 18.8. The molecule has 0 radical (unpaired) electrons. The van der Waals surface area contributed by atoms with Gasteiger partial charge in [0.05, 0.1) is 0 Å². The van der Waals surface area contributed by atoms with Crippen LogP contribution in [0.25, 0.3) is 0 Å². The largest absolute Gasteiger partial charge is 0.463 e. The van der Waals surface area contributed by atoms with Gasteiger partial charge in [0.2, 0.25) is 0 Å². The van der Waals surface area contributed by atoms with Crippen LogP contribution in [0, 0.1) is 0 Å². The number of hydrogen-bond acceptors (Lipinski definition) is 5. The third-order valence-corrected chi connectivity index (χ3v) is 7.77. The summed E-state index contributed by atoms with van der Waals surface area (Å²) in [6.45, 7) is 4.15. The zero-order valence-corrected chi connectivity index (χ0v) is 29.8. The van der Waals surface area contributed by atoms with Crippen molar-refractivity contribution >= 4 is 11.9 Å². The van der Waals surface area contributed by atoms with E-state index in [2.05, 4.69) is 74.6 Å². The Morgan fingerprint density at radius 2 is 0.826 bits per heavy atom. The molecule has 1 N–H and O–H groups in total. The van der Waals surface area contributed by atoms with Crippen LogP contribution in [0.4, 0.5) is 0 Å². The molecule has 0 aliphatic carbocycles. The molecule has 0 fully saturated rings. The summed E-state index contributed by atoms with van der Waals surface area (Å²) < 4.78 is 10.3. The van der Waals surface area contributed by atoms with Crippen LogP contribution < -0.4 is 0 Å². The summed E-state index contributed by atoms with van der Waals surface area (Å²) >= 11 is 0. The molecule has 46 heavy (non-hydrogen) atoms. The highest BCUT2D eigenvalue weighted by atomic mass is 16.6. The lowest BCUT2D eigenvalue weighted by Gasteiger charge is -2.12. The van der Waals surface area contributed by atoms with Crippen molar-refractivity contribution in [2.24, 2.45) is 0 Å². The molecule has 0 rings (SSSR count). The minimum Gasteiger partial charge on any atom is -0.463 e. The summed E-state index contributed by atoms with van der Waals surface area (Å²) in [5.41, 5.74) is 0. The van der Waals surface area contributed by atoms with E-state index in [0.717, 1.165) is 77.0 Å². The van der Waals surface area contributed by atoms with Gasteiger partial charge in [0.1, 0.15) is 19.3 Å². The summed E-state index contributed by atoms with van der Waals surface area (Å²) in [4.78, 5) is 23.9. The van der Waals surface area contributed by atoms with Crippen molar-refractivity contribution in [3.63, 3.8) is 0 Å². The number of unbranched alkanes of at least 4 members (excludes halogenated alkanes) is 15. The molecule has 0 saturated heterocycles. The van der Waals surface area contributed by atoms with Crippen LogP contribution in [0.1, 0.15) is 168 Å². The Hall–Kier alpha value is -2.40. The first-order valence-electron chi connectivity index (χ1n) is 18.8. The third kappa shape index (κ3) is 36.1. The van der Waals surface area contributed by atoms with Crippen molar-refractivity contribution in [2.45, 2.75) is 174 Å². The van der Waals surface area contributed by atoms with Gasteiger partial charge in [-0.05, 0) is 57.8 Å². The second-order valence-corrected chi connectivity index (χ2v) is 12.3. The normalized spacial score (nSPS) is 12.8. The van der Waals surface area contributed by atoms with Crippen molar-refractivity contribution in [2.75, 3.05) is 13.2 Å². The average Bonchev–Trinajstić information content (AvgIpc) is 3.06. The van der Waals surface area contributed by atoms with Crippen LogP contribution in [0.3, 0.4) is 0 Å². The summed E-state index contributed by atoms with van der Waals surface area (Å²) in [6.07, 6.45) is 47.0. The van der Waals surface area contributed by atoms with Gasteiger partial charge >= 0.3 is 11.9 Å². The van der Waals surface area contributed by atoms with Gasteiger partial charge in [-0.25, -0.2) is 0 Å². The van der Waals surface area contributed by atoms with Gasteiger partial charge in [0, 0.05) is 12.8 Å². The van der Waals surface area contributed by atoms with Crippen molar-refractivity contribution < 1.29 is 24.2 Å². The fourth-order valence-corrected chi connectivity index (χ4v) is 4.93. The quantitative estimate of drug-likeness (QED) is 0.0438. The van der Waals surface area contributed by atoms with E-state index in [-0.39, 0.29) is 25.2 Å². The molecule has 0 aliphatic heterocycles. The number of ether oxygens (including phenoxy) is 2. The van der Waals surface area contributed by atoms with E-state index in [1.165, 1.54) is 64.2 Å². The summed E-state index contributed by atoms with van der Waals surface area (Å²) in [5.74, 6) is -0.604. The zero-order chi connectivity index (χ0) is 33.6. The van der Waals surface area contributed by atoms with Gasteiger partial charge in [-0.1, -0.05) is 158 Å². The molecular formula is C41H70O5. The molecule has 0 aromatic heterocycles. The Labute approximate surface area is 283 Å². The van der Waals surface area contributed by atoms with Crippen LogP contribution in [0.5, 0.6) is 0 Å². The van der Waals surface area contributed by atoms with Gasteiger partial charge in [-0.15, -0.1) is 0 Å². The number of hydrogen-bond donors (Lipinski definition) is 1. The van der Waals surface area contributed by atoms with Crippen LogP contribution in [0.15, 0.2) is 60.8 Å². The average molecular weight is 643 g/mol. The maximum Gasteiger partial charge on any atom is 0.305 e. The molecule has 0 unspecified atom stereocenters. The lowest BCUT2D eigenvalue weighted by atomic mass is 10.0. The molecule has 0 amide bonds. The zero-order valence-electron chi connectivity index (χ0n) is 29.8. The summed E-state index contributed by atoms with van der Waals surface area (Å²) in [6, 6.07) is 0. The first kappa shape index (κ1) is 43.6. The molecule has 5 heteroatoms. The lowest BCUT2D eigenvalue weighted by molar-refractivity contribution is -0.152. The minimum absolute atomic E-state index is 0.127. The molecule has 0 saturated carbocycles. The van der Waals surface area contributed by atoms with Crippen molar-refractivity contribution in [1.82, 2.24) is 0 Å². The maximum absolute atomic E-state index is 11.9. The van der Waals surface area contributed by atoms with Crippen LogP contribution in [-0.4, -0.2) is 36.4 Å². The third-order valence-electron chi connectivity index (χ3n) is 7.77. The standard InChI is InChI=1S/C41H70O5/c1-3-5-7-9-11-13-15-17-18-19-20-21-22-24-26-28-30-32-34-36-41(44)46-38-39(42)37-45-40(43)35-33-31-29-27-25-23-16-14-12-10-8-6-4-2/h5,7,11,13,17-18,20-21,24,26,39,42H,3-4,6,8-10,12,14-16,19,22-23,25,27-38H2,1-2H3/b7-5-,13-11-,18-17-,21-20-,26-24-/t39-/m1/s1. The Morgan fingerprint density at radius 3 is 1.24 bits per heavy atom.